The highest BCUT2D eigenvalue weighted by molar-refractivity contribution is 5.68. The van der Waals surface area contributed by atoms with E-state index in [1.165, 1.54) is 32.1 Å². The number of hydrogen-bond acceptors (Lipinski definition) is 5. The molecular formula is C30H49N3O4. The normalized spacial score (nSPS) is 20.7. The van der Waals surface area contributed by atoms with E-state index < -0.39 is 5.60 Å². The number of benzene rings is 1. The Morgan fingerprint density at radius 3 is 2.22 bits per heavy atom. The van der Waals surface area contributed by atoms with E-state index in [2.05, 4.69) is 10.6 Å². The molecule has 37 heavy (non-hydrogen) atoms. The predicted molar refractivity (Wildman–Crippen MR) is 147 cm³/mol. The molecule has 0 bridgehead atoms. The molecular weight excluding hydrogens is 466 g/mol. The van der Waals surface area contributed by atoms with Gasteiger partial charge in [0, 0.05) is 19.1 Å². The fraction of sp³-hybridized carbons (Fsp3) is 0.733. The summed E-state index contributed by atoms with van der Waals surface area (Å²) in [6, 6.07) is 10.1. The molecule has 0 aromatic heterocycles. The van der Waals surface area contributed by atoms with Crippen molar-refractivity contribution in [1.29, 1.82) is 0 Å². The van der Waals surface area contributed by atoms with Crippen LogP contribution in [0.2, 0.25) is 0 Å². The van der Waals surface area contributed by atoms with Crippen molar-refractivity contribution in [3.8, 4) is 0 Å². The van der Waals surface area contributed by atoms with Gasteiger partial charge in [-0.1, -0.05) is 49.6 Å². The van der Waals surface area contributed by atoms with Gasteiger partial charge in [-0.05, 0) is 96.2 Å². The first-order chi connectivity index (χ1) is 17.8. The second-order valence-corrected chi connectivity index (χ2v) is 11.9. The molecule has 7 heteroatoms. The van der Waals surface area contributed by atoms with Crippen molar-refractivity contribution in [3.05, 3.63) is 35.9 Å². The Kier molecular flexibility index (Phi) is 12.0. The van der Waals surface area contributed by atoms with Gasteiger partial charge in [0.1, 0.15) is 12.2 Å². The second kappa shape index (κ2) is 15.2. The number of carbonyl (C=O) groups excluding carboxylic acids is 2. The van der Waals surface area contributed by atoms with Gasteiger partial charge in [-0.15, -0.1) is 0 Å². The van der Waals surface area contributed by atoms with Crippen LogP contribution in [0.5, 0.6) is 0 Å². The highest BCUT2D eigenvalue weighted by Crippen LogP contribution is 2.28. The molecule has 1 aromatic carbocycles. The third-order valence-electron chi connectivity index (χ3n) is 7.54. The van der Waals surface area contributed by atoms with Gasteiger partial charge in [-0.3, -0.25) is 0 Å². The van der Waals surface area contributed by atoms with E-state index >= 15 is 0 Å². The lowest BCUT2D eigenvalue weighted by atomic mass is 9.82. The Labute approximate surface area is 224 Å². The monoisotopic (exact) mass is 515 g/mol. The Morgan fingerprint density at radius 2 is 1.57 bits per heavy atom. The number of alkyl carbamates (subject to hydrolysis) is 1. The topological polar surface area (TPSA) is 79.9 Å². The minimum absolute atomic E-state index is 0.157. The Hall–Kier alpha value is -2.28. The second-order valence-electron chi connectivity index (χ2n) is 11.9. The fourth-order valence-electron chi connectivity index (χ4n) is 5.46. The quantitative estimate of drug-likeness (QED) is 0.340. The van der Waals surface area contributed by atoms with E-state index in [-0.39, 0.29) is 12.2 Å². The summed E-state index contributed by atoms with van der Waals surface area (Å²) in [5.74, 6) is 1.21. The summed E-state index contributed by atoms with van der Waals surface area (Å²) in [6.45, 7) is 9.51. The molecule has 0 heterocycles. The Bertz CT molecular complexity index is 797. The molecule has 208 valence electrons. The molecule has 0 saturated heterocycles. The van der Waals surface area contributed by atoms with E-state index in [0.717, 1.165) is 57.3 Å². The molecule has 0 unspecified atom stereocenters. The lowest BCUT2D eigenvalue weighted by molar-refractivity contribution is 0.0119. The number of carbonyl (C=O) groups is 2. The fourth-order valence-corrected chi connectivity index (χ4v) is 5.46. The zero-order chi connectivity index (χ0) is 26.5. The minimum Gasteiger partial charge on any atom is -0.445 e. The van der Waals surface area contributed by atoms with Crippen molar-refractivity contribution in [3.63, 3.8) is 0 Å². The smallest absolute Gasteiger partial charge is 0.410 e. The lowest BCUT2D eigenvalue weighted by Crippen LogP contribution is -2.45. The summed E-state index contributed by atoms with van der Waals surface area (Å²) in [4.78, 5) is 26.9. The van der Waals surface area contributed by atoms with Crippen LogP contribution in [-0.4, -0.2) is 54.9 Å². The largest absolute Gasteiger partial charge is 0.445 e. The van der Waals surface area contributed by atoms with Gasteiger partial charge in [-0.25, -0.2) is 9.59 Å². The third-order valence-corrected chi connectivity index (χ3v) is 7.54. The van der Waals surface area contributed by atoms with E-state index in [0.29, 0.717) is 31.0 Å². The van der Waals surface area contributed by atoms with Gasteiger partial charge in [-0.2, -0.15) is 0 Å². The van der Waals surface area contributed by atoms with Crippen molar-refractivity contribution in [1.82, 2.24) is 15.5 Å². The van der Waals surface area contributed by atoms with Gasteiger partial charge in [0.2, 0.25) is 0 Å². The Balaban J connectivity index is 1.26. The summed E-state index contributed by atoms with van der Waals surface area (Å²) in [5.41, 5.74) is 0.538. The zero-order valence-corrected chi connectivity index (χ0v) is 23.3. The average Bonchev–Trinajstić information content (AvgIpc) is 2.89. The maximum Gasteiger partial charge on any atom is 0.410 e. The first-order valence-electron chi connectivity index (χ1n) is 14.4. The lowest BCUT2D eigenvalue weighted by Gasteiger charge is -2.35. The summed E-state index contributed by atoms with van der Waals surface area (Å²) in [7, 11) is 0. The van der Waals surface area contributed by atoms with Crippen LogP contribution >= 0.6 is 0 Å². The number of hydrogen-bond donors (Lipinski definition) is 2. The maximum atomic E-state index is 12.8. The molecule has 2 aliphatic carbocycles. The minimum atomic E-state index is -0.459. The molecule has 0 radical (unpaired) electrons. The van der Waals surface area contributed by atoms with E-state index in [1.54, 1.807) is 0 Å². The SMILES string of the molecule is CC(C)(C)OC(=O)N(CCCNC[C@H]1CC[C@H](CNC(=O)OCc2ccccc2)CC1)C1CCCCC1. The molecule has 2 fully saturated rings. The highest BCUT2D eigenvalue weighted by atomic mass is 16.6. The average molecular weight is 516 g/mol. The zero-order valence-electron chi connectivity index (χ0n) is 23.3. The van der Waals surface area contributed by atoms with Gasteiger partial charge in [0.05, 0.1) is 0 Å². The maximum absolute atomic E-state index is 12.8. The molecule has 7 nitrogen and oxygen atoms in total. The number of amides is 2. The van der Waals surface area contributed by atoms with Crippen LogP contribution in [0.3, 0.4) is 0 Å². The number of rotatable bonds is 11. The van der Waals surface area contributed by atoms with Crippen LogP contribution in [-0.2, 0) is 16.1 Å². The van der Waals surface area contributed by atoms with Crippen molar-refractivity contribution in [2.45, 2.75) is 103 Å². The standard InChI is InChI=1S/C30H49N3O4/c1-30(2,3)37-29(35)33(27-13-8-5-9-14-27)20-10-19-31-21-24-15-17-25(18-16-24)22-32-28(34)36-23-26-11-6-4-7-12-26/h4,6-7,11-12,24-25,27,31H,5,8-10,13-23H2,1-3H3,(H,32,34)/t24-,25-. The summed E-state index contributed by atoms with van der Waals surface area (Å²) < 4.78 is 11.0. The number of nitrogens with zero attached hydrogens (tertiary/aromatic N) is 1. The first-order valence-corrected chi connectivity index (χ1v) is 14.4. The molecule has 1 aromatic rings. The third kappa shape index (κ3) is 11.3. The van der Waals surface area contributed by atoms with Crippen LogP contribution in [0.4, 0.5) is 9.59 Å². The molecule has 0 spiro atoms. The van der Waals surface area contributed by atoms with Crippen LogP contribution in [0.15, 0.2) is 30.3 Å². The molecule has 2 amide bonds. The van der Waals surface area contributed by atoms with Crippen LogP contribution in [0.25, 0.3) is 0 Å². The number of ether oxygens (including phenoxy) is 2. The van der Waals surface area contributed by atoms with Gasteiger partial charge in [0.25, 0.3) is 0 Å². The van der Waals surface area contributed by atoms with Gasteiger partial charge >= 0.3 is 12.2 Å². The van der Waals surface area contributed by atoms with Gasteiger partial charge < -0.3 is 25.0 Å². The molecule has 0 atom stereocenters. The van der Waals surface area contributed by atoms with E-state index in [9.17, 15) is 9.59 Å². The summed E-state index contributed by atoms with van der Waals surface area (Å²) in [6.07, 6.45) is 11.0. The summed E-state index contributed by atoms with van der Waals surface area (Å²) in [5, 5.41) is 6.57. The molecule has 0 aliphatic heterocycles. The molecule has 3 rings (SSSR count). The molecule has 2 saturated carbocycles. The van der Waals surface area contributed by atoms with E-state index in [1.807, 2.05) is 56.0 Å². The molecule has 2 aliphatic rings. The van der Waals surface area contributed by atoms with Crippen LogP contribution in [0.1, 0.15) is 90.5 Å². The van der Waals surface area contributed by atoms with Gasteiger partial charge in [0.15, 0.2) is 0 Å². The van der Waals surface area contributed by atoms with Crippen molar-refractivity contribution in [2.24, 2.45) is 11.8 Å². The number of nitrogens with one attached hydrogen (secondary N) is 2. The van der Waals surface area contributed by atoms with Crippen LogP contribution < -0.4 is 10.6 Å². The van der Waals surface area contributed by atoms with Crippen LogP contribution in [0, 0.1) is 11.8 Å². The molecule has 2 N–H and O–H groups in total. The van der Waals surface area contributed by atoms with E-state index in [4.69, 9.17) is 9.47 Å². The van der Waals surface area contributed by atoms with Crippen molar-refractivity contribution >= 4 is 12.2 Å². The Morgan fingerprint density at radius 1 is 0.919 bits per heavy atom. The highest BCUT2D eigenvalue weighted by Gasteiger charge is 2.29. The summed E-state index contributed by atoms with van der Waals surface area (Å²) >= 11 is 0. The van der Waals surface area contributed by atoms with Crippen molar-refractivity contribution < 1.29 is 19.1 Å². The van der Waals surface area contributed by atoms with Crippen molar-refractivity contribution in [2.75, 3.05) is 26.2 Å². The predicted octanol–water partition coefficient (Wildman–Crippen LogP) is 6.27. The first kappa shape index (κ1) is 29.3.